The summed E-state index contributed by atoms with van der Waals surface area (Å²) in [4.78, 5) is 27.3. The third-order valence-corrected chi connectivity index (χ3v) is 1.76. The molecule has 70 valence electrons. The SMILES string of the molecule is C#CCON1C(=O)CCCCC1=O. The van der Waals surface area contributed by atoms with E-state index in [9.17, 15) is 9.59 Å². The maximum atomic E-state index is 11.2. The highest BCUT2D eigenvalue weighted by Crippen LogP contribution is 2.12. The maximum absolute atomic E-state index is 11.2. The molecular formula is C9H11NO3. The highest BCUT2D eigenvalue weighted by Gasteiger charge is 2.24. The van der Waals surface area contributed by atoms with Crippen molar-refractivity contribution in [2.75, 3.05) is 6.61 Å². The number of hydrogen-bond donors (Lipinski definition) is 0. The van der Waals surface area contributed by atoms with E-state index in [4.69, 9.17) is 11.3 Å². The summed E-state index contributed by atoms with van der Waals surface area (Å²) in [5, 5.41) is 0.798. The lowest BCUT2D eigenvalue weighted by atomic mass is 10.2. The molecule has 0 saturated carbocycles. The predicted octanol–water partition coefficient (Wildman–Crippen LogP) is 0.480. The molecule has 1 aliphatic heterocycles. The summed E-state index contributed by atoms with van der Waals surface area (Å²) in [6.45, 7) is -0.0442. The number of rotatable bonds is 2. The van der Waals surface area contributed by atoms with Crippen molar-refractivity contribution in [3.8, 4) is 12.3 Å². The highest BCUT2D eigenvalue weighted by atomic mass is 16.7. The number of terminal acetylenes is 1. The summed E-state index contributed by atoms with van der Waals surface area (Å²) in [6.07, 6.45) is 7.14. The van der Waals surface area contributed by atoms with Crippen LogP contribution in [0.4, 0.5) is 0 Å². The van der Waals surface area contributed by atoms with Gasteiger partial charge in [0.15, 0.2) is 0 Å². The van der Waals surface area contributed by atoms with E-state index in [1.54, 1.807) is 0 Å². The van der Waals surface area contributed by atoms with E-state index in [2.05, 4.69) is 5.92 Å². The largest absolute Gasteiger partial charge is 0.272 e. The van der Waals surface area contributed by atoms with E-state index < -0.39 is 0 Å². The van der Waals surface area contributed by atoms with Crippen LogP contribution < -0.4 is 0 Å². The van der Waals surface area contributed by atoms with Gasteiger partial charge in [0.25, 0.3) is 11.8 Å². The molecule has 0 radical (unpaired) electrons. The maximum Gasteiger partial charge on any atom is 0.253 e. The molecule has 1 heterocycles. The lowest BCUT2D eigenvalue weighted by Crippen LogP contribution is -2.35. The summed E-state index contributed by atoms with van der Waals surface area (Å²) in [7, 11) is 0. The molecule has 0 aliphatic carbocycles. The number of hydrogen-bond acceptors (Lipinski definition) is 3. The first kappa shape index (κ1) is 9.75. The molecule has 0 aromatic heterocycles. The molecule has 0 bridgehead atoms. The first-order chi connectivity index (χ1) is 6.25. The summed E-state index contributed by atoms with van der Waals surface area (Å²) >= 11 is 0. The Hall–Kier alpha value is -1.34. The Labute approximate surface area is 76.8 Å². The number of amides is 2. The Balaban J connectivity index is 2.59. The van der Waals surface area contributed by atoms with Crippen LogP contribution in [0.1, 0.15) is 25.7 Å². The minimum atomic E-state index is -0.294. The first-order valence-electron chi connectivity index (χ1n) is 4.18. The van der Waals surface area contributed by atoms with Crippen molar-refractivity contribution in [3.05, 3.63) is 0 Å². The van der Waals surface area contributed by atoms with Crippen LogP contribution in [-0.2, 0) is 14.4 Å². The van der Waals surface area contributed by atoms with Crippen LogP contribution >= 0.6 is 0 Å². The monoisotopic (exact) mass is 181 g/mol. The zero-order valence-corrected chi connectivity index (χ0v) is 7.28. The Bertz CT molecular complexity index is 236. The lowest BCUT2D eigenvalue weighted by Gasteiger charge is -2.15. The van der Waals surface area contributed by atoms with Gasteiger partial charge in [-0.15, -0.1) is 6.42 Å². The van der Waals surface area contributed by atoms with Crippen LogP contribution in [0.2, 0.25) is 0 Å². The molecule has 1 rings (SSSR count). The minimum Gasteiger partial charge on any atom is -0.272 e. The topological polar surface area (TPSA) is 46.6 Å². The first-order valence-corrected chi connectivity index (χ1v) is 4.18. The highest BCUT2D eigenvalue weighted by molar-refractivity contribution is 5.94. The van der Waals surface area contributed by atoms with E-state index >= 15 is 0 Å². The Morgan fingerprint density at radius 2 is 1.85 bits per heavy atom. The van der Waals surface area contributed by atoms with E-state index in [1.165, 1.54) is 0 Å². The van der Waals surface area contributed by atoms with Crippen LogP contribution in [-0.4, -0.2) is 23.5 Å². The van der Waals surface area contributed by atoms with Crippen molar-refractivity contribution in [1.29, 1.82) is 0 Å². The van der Waals surface area contributed by atoms with Gasteiger partial charge >= 0.3 is 0 Å². The quantitative estimate of drug-likeness (QED) is 0.460. The van der Waals surface area contributed by atoms with Crippen LogP contribution in [0.3, 0.4) is 0 Å². The Kier molecular flexibility index (Phi) is 3.47. The molecule has 0 atom stereocenters. The number of carbonyl (C=O) groups is 2. The average molecular weight is 181 g/mol. The molecule has 0 unspecified atom stereocenters. The standard InChI is InChI=1S/C9H11NO3/c1-2-7-13-10-8(11)5-3-4-6-9(10)12/h1H,3-7H2. The molecule has 1 fully saturated rings. The molecule has 0 aromatic rings. The van der Waals surface area contributed by atoms with Gasteiger partial charge in [0.2, 0.25) is 0 Å². The van der Waals surface area contributed by atoms with Crippen LogP contribution in [0.15, 0.2) is 0 Å². The second-order valence-corrected chi connectivity index (χ2v) is 2.77. The Morgan fingerprint density at radius 3 is 2.31 bits per heavy atom. The molecule has 1 aliphatic rings. The van der Waals surface area contributed by atoms with Crippen molar-refractivity contribution in [3.63, 3.8) is 0 Å². The molecule has 4 heteroatoms. The van der Waals surface area contributed by atoms with Gasteiger partial charge in [-0.3, -0.25) is 14.4 Å². The van der Waals surface area contributed by atoms with Gasteiger partial charge in [0, 0.05) is 12.8 Å². The normalized spacial score (nSPS) is 18.2. The average Bonchev–Trinajstić information content (AvgIpc) is 2.26. The van der Waals surface area contributed by atoms with Gasteiger partial charge in [0.05, 0.1) is 0 Å². The molecule has 1 saturated heterocycles. The van der Waals surface area contributed by atoms with E-state index in [0.29, 0.717) is 12.8 Å². The third kappa shape index (κ3) is 2.56. The van der Waals surface area contributed by atoms with Crippen LogP contribution in [0.5, 0.6) is 0 Å². The van der Waals surface area contributed by atoms with Crippen molar-refractivity contribution in [2.45, 2.75) is 25.7 Å². The fourth-order valence-electron chi connectivity index (χ4n) is 1.14. The summed E-state index contributed by atoms with van der Waals surface area (Å²) in [5.41, 5.74) is 0. The second-order valence-electron chi connectivity index (χ2n) is 2.77. The van der Waals surface area contributed by atoms with Gasteiger partial charge in [-0.2, -0.15) is 5.06 Å². The summed E-state index contributed by atoms with van der Waals surface area (Å²) in [6, 6.07) is 0. The zero-order chi connectivity index (χ0) is 9.68. The Morgan fingerprint density at radius 1 is 1.31 bits per heavy atom. The van der Waals surface area contributed by atoms with Gasteiger partial charge in [-0.1, -0.05) is 5.92 Å². The molecule has 2 amide bonds. The molecule has 0 spiro atoms. The molecular weight excluding hydrogens is 170 g/mol. The van der Waals surface area contributed by atoms with E-state index in [-0.39, 0.29) is 18.4 Å². The predicted molar refractivity (Wildman–Crippen MR) is 45.1 cm³/mol. The summed E-state index contributed by atoms with van der Waals surface area (Å²) < 4.78 is 0. The molecule has 0 aromatic carbocycles. The fraction of sp³-hybridized carbons (Fsp3) is 0.556. The molecule has 13 heavy (non-hydrogen) atoms. The van der Waals surface area contributed by atoms with Gasteiger partial charge in [-0.05, 0) is 12.8 Å². The van der Waals surface area contributed by atoms with Crippen LogP contribution in [0, 0.1) is 12.3 Å². The number of carbonyl (C=O) groups excluding carboxylic acids is 2. The lowest BCUT2D eigenvalue weighted by molar-refractivity contribution is -0.190. The van der Waals surface area contributed by atoms with Gasteiger partial charge < -0.3 is 0 Å². The van der Waals surface area contributed by atoms with Crippen molar-refractivity contribution < 1.29 is 14.4 Å². The fourth-order valence-corrected chi connectivity index (χ4v) is 1.14. The zero-order valence-electron chi connectivity index (χ0n) is 7.28. The molecule has 0 N–H and O–H groups in total. The van der Waals surface area contributed by atoms with E-state index in [1.807, 2.05) is 0 Å². The van der Waals surface area contributed by atoms with Gasteiger partial charge in [-0.25, -0.2) is 0 Å². The number of imide groups is 1. The number of nitrogens with zero attached hydrogens (tertiary/aromatic N) is 1. The van der Waals surface area contributed by atoms with Crippen molar-refractivity contribution in [2.24, 2.45) is 0 Å². The van der Waals surface area contributed by atoms with Crippen LogP contribution in [0.25, 0.3) is 0 Å². The van der Waals surface area contributed by atoms with Crippen molar-refractivity contribution in [1.82, 2.24) is 5.06 Å². The number of hydroxylamine groups is 2. The van der Waals surface area contributed by atoms with Crippen molar-refractivity contribution >= 4 is 11.8 Å². The van der Waals surface area contributed by atoms with Gasteiger partial charge in [0.1, 0.15) is 6.61 Å². The van der Waals surface area contributed by atoms with E-state index in [0.717, 1.165) is 17.9 Å². The second kappa shape index (κ2) is 4.63. The molecule has 4 nitrogen and oxygen atoms in total. The third-order valence-electron chi connectivity index (χ3n) is 1.76. The minimum absolute atomic E-state index is 0.0442. The summed E-state index contributed by atoms with van der Waals surface area (Å²) in [5.74, 6) is 1.62. The smallest absolute Gasteiger partial charge is 0.253 e.